The average molecular weight is 215 g/mol. The Balaban J connectivity index is 2.12. The molecule has 5 heteroatoms. The summed E-state index contributed by atoms with van der Waals surface area (Å²) in [7, 11) is 0. The number of hydrogen-bond donors (Lipinski definition) is 3. The van der Waals surface area contributed by atoms with Crippen LogP contribution in [-0.2, 0) is 0 Å². The second-order valence-corrected chi connectivity index (χ2v) is 4.19. The molecular weight excluding hydrogens is 194 g/mol. The zero-order chi connectivity index (χ0) is 11.3. The van der Waals surface area contributed by atoms with Gasteiger partial charge in [0.15, 0.2) is 0 Å². The highest BCUT2D eigenvalue weighted by atomic mass is 16.3. The second-order valence-electron chi connectivity index (χ2n) is 4.19. The Morgan fingerprint density at radius 3 is 2.67 bits per heavy atom. The van der Waals surface area contributed by atoms with Gasteiger partial charge in [0.25, 0.3) is 0 Å². The Kier molecular flexibility index (Phi) is 4.84. The molecule has 0 aliphatic carbocycles. The van der Waals surface area contributed by atoms with E-state index < -0.39 is 0 Å². The van der Waals surface area contributed by atoms with Crippen molar-refractivity contribution in [3.05, 3.63) is 0 Å². The van der Waals surface area contributed by atoms with Crippen LogP contribution in [-0.4, -0.2) is 47.8 Å². The van der Waals surface area contributed by atoms with Gasteiger partial charge in [-0.15, -0.1) is 0 Å². The second kappa shape index (κ2) is 5.92. The normalized spacial score (nSPS) is 20.3. The summed E-state index contributed by atoms with van der Waals surface area (Å²) in [6, 6.07) is 0.136. The molecule has 1 fully saturated rings. The highest BCUT2D eigenvalue weighted by molar-refractivity contribution is 5.72. The first kappa shape index (κ1) is 12.3. The predicted octanol–water partition coefficient (Wildman–Crippen LogP) is -0.110. The van der Waals surface area contributed by atoms with Gasteiger partial charge in [-0.1, -0.05) is 0 Å². The Bertz CT molecular complexity index is 201. The van der Waals surface area contributed by atoms with Crippen LogP contribution in [0.5, 0.6) is 0 Å². The van der Waals surface area contributed by atoms with Gasteiger partial charge in [0, 0.05) is 19.1 Å². The summed E-state index contributed by atoms with van der Waals surface area (Å²) in [5, 5.41) is 12.5. The molecule has 1 unspecified atom stereocenters. The average Bonchev–Trinajstić information content (AvgIpc) is 2.18. The van der Waals surface area contributed by atoms with Gasteiger partial charge in [0.1, 0.15) is 0 Å². The van der Waals surface area contributed by atoms with E-state index in [1.54, 1.807) is 11.8 Å². The van der Waals surface area contributed by atoms with Gasteiger partial charge in [0.2, 0.25) is 0 Å². The predicted molar refractivity (Wildman–Crippen MR) is 58.5 cm³/mol. The smallest absolute Gasteiger partial charge is 0.314 e. The monoisotopic (exact) mass is 215 g/mol. The van der Waals surface area contributed by atoms with Crippen LogP contribution in [0.4, 0.5) is 4.79 Å². The summed E-state index contributed by atoms with van der Waals surface area (Å²) in [5.74, 6) is 0. The number of amides is 2. The summed E-state index contributed by atoms with van der Waals surface area (Å²) in [6.07, 6.45) is 2.42. The Morgan fingerprint density at radius 2 is 2.20 bits per heavy atom. The van der Waals surface area contributed by atoms with E-state index in [1.165, 1.54) is 0 Å². The molecule has 1 heterocycles. The van der Waals surface area contributed by atoms with Crippen molar-refractivity contribution < 1.29 is 9.90 Å². The molecule has 4 N–H and O–H groups in total. The number of urea groups is 1. The summed E-state index contributed by atoms with van der Waals surface area (Å²) >= 11 is 0. The minimum absolute atomic E-state index is 0.247. The van der Waals surface area contributed by atoms with E-state index in [4.69, 9.17) is 10.8 Å². The fourth-order valence-electron chi connectivity index (χ4n) is 1.80. The molecule has 15 heavy (non-hydrogen) atoms. The van der Waals surface area contributed by atoms with Gasteiger partial charge in [0.05, 0.1) is 6.10 Å². The molecule has 0 spiro atoms. The molecule has 0 saturated carbocycles. The first-order chi connectivity index (χ1) is 7.09. The lowest BCUT2D eigenvalue weighted by Gasteiger charge is -2.31. The molecule has 1 aliphatic heterocycles. The van der Waals surface area contributed by atoms with Gasteiger partial charge in [-0.3, -0.25) is 0 Å². The van der Waals surface area contributed by atoms with Crippen molar-refractivity contribution in [2.45, 2.75) is 38.3 Å². The van der Waals surface area contributed by atoms with Crippen molar-refractivity contribution >= 4 is 6.03 Å². The third-order valence-corrected chi connectivity index (χ3v) is 2.80. The van der Waals surface area contributed by atoms with Crippen LogP contribution >= 0.6 is 0 Å². The Morgan fingerprint density at radius 1 is 1.60 bits per heavy atom. The molecule has 0 radical (unpaired) electrons. The number of nitrogens with two attached hydrogens (primary N) is 1. The van der Waals surface area contributed by atoms with E-state index in [9.17, 15) is 4.79 Å². The van der Waals surface area contributed by atoms with Crippen molar-refractivity contribution in [3.8, 4) is 0 Å². The van der Waals surface area contributed by atoms with E-state index in [0.29, 0.717) is 6.04 Å². The molecule has 1 rings (SSSR count). The summed E-state index contributed by atoms with van der Waals surface area (Å²) in [5.41, 5.74) is 5.19. The minimum atomic E-state index is -0.322. The Hall–Kier alpha value is -0.810. The van der Waals surface area contributed by atoms with Crippen LogP contribution in [0.15, 0.2) is 0 Å². The largest absolute Gasteiger partial charge is 0.393 e. The topological polar surface area (TPSA) is 78.6 Å². The maximum atomic E-state index is 10.9. The molecule has 0 aromatic rings. The number of aliphatic hydroxyl groups is 1. The minimum Gasteiger partial charge on any atom is -0.393 e. The fourth-order valence-corrected chi connectivity index (χ4v) is 1.80. The van der Waals surface area contributed by atoms with E-state index >= 15 is 0 Å². The molecule has 1 aliphatic rings. The molecular formula is C10H21N3O2. The van der Waals surface area contributed by atoms with Crippen LogP contribution < -0.4 is 11.1 Å². The van der Waals surface area contributed by atoms with Crippen molar-refractivity contribution in [2.24, 2.45) is 5.73 Å². The highest BCUT2D eigenvalue weighted by Gasteiger charge is 2.20. The maximum absolute atomic E-state index is 10.9. The zero-order valence-electron chi connectivity index (χ0n) is 9.28. The van der Waals surface area contributed by atoms with Gasteiger partial charge in [-0.05, 0) is 32.7 Å². The molecule has 1 atom stereocenters. The maximum Gasteiger partial charge on any atom is 0.314 e. The number of primary amides is 1. The number of carbonyl (C=O) groups excluding carboxylic acids is 1. The molecule has 2 amide bonds. The van der Waals surface area contributed by atoms with Crippen molar-refractivity contribution in [3.63, 3.8) is 0 Å². The molecule has 1 saturated heterocycles. The van der Waals surface area contributed by atoms with Crippen LogP contribution in [0, 0.1) is 0 Å². The first-order valence-corrected chi connectivity index (χ1v) is 5.55. The van der Waals surface area contributed by atoms with Gasteiger partial charge in [-0.25, -0.2) is 4.79 Å². The summed E-state index contributed by atoms with van der Waals surface area (Å²) < 4.78 is 0. The molecule has 0 bridgehead atoms. The van der Waals surface area contributed by atoms with E-state index in [2.05, 4.69) is 5.32 Å². The number of carbonyl (C=O) groups is 1. The number of nitrogens with one attached hydrogen (secondary N) is 1. The van der Waals surface area contributed by atoms with Crippen LogP contribution in [0.3, 0.4) is 0 Å². The lowest BCUT2D eigenvalue weighted by atomic mass is 10.1. The lowest BCUT2D eigenvalue weighted by molar-refractivity contribution is 0.172. The quantitative estimate of drug-likeness (QED) is 0.612. The van der Waals surface area contributed by atoms with Crippen LogP contribution in [0.25, 0.3) is 0 Å². The standard InChI is InChI=1S/C10H21N3O2/c1-8(14)2-5-12-9-3-6-13(7-4-9)10(11)15/h8-9,12,14H,2-7H2,1H3,(H2,11,15). The number of piperidine rings is 1. The molecule has 0 aromatic heterocycles. The van der Waals surface area contributed by atoms with E-state index in [-0.39, 0.29) is 12.1 Å². The number of aliphatic hydroxyl groups excluding tert-OH is 1. The van der Waals surface area contributed by atoms with Crippen LogP contribution in [0.1, 0.15) is 26.2 Å². The number of rotatable bonds is 4. The van der Waals surface area contributed by atoms with Gasteiger partial charge in [-0.2, -0.15) is 0 Å². The molecule has 5 nitrogen and oxygen atoms in total. The van der Waals surface area contributed by atoms with Crippen molar-refractivity contribution in [2.75, 3.05) is 19.6 Å². The summed E-state index contributed by atoms with van der Waals surface area (Å²) in [6.45, 7) is 4.10. The first-order valence-electron chi connectivity index (χ1n) is 5.55. The summed E-state index contributed by atoms with van der Waals surface area (Å²) in [4.78, 5) is 12.5. The third-order valence-electron chi connectivity index (χ3n) is 2.80. The Labute approximate surface area is 90.6 Å². The lowest BCUT2D eigenvalue weighted by Crippen LogP contribution is -2.47. The van der Waals surface area contributed by atoms with E-state index in [0.717, 1.165) is 38.9 Å². The SMILES string of the molecule is CC(O)CCNC1CCN(C(N)=O)CC1. The number of hydrogen-bond acceptors (Lipinski definition) is 3. The van der Waals surface area contributed by atoms with Gasteiger partial charge < -0.3 is 21.1 Å². The van der Waals surface area contributed by atoms with Crippen molar-refractivity contribution in [1.82, 2.24) is 10.2 Å². The third kappa shape index (κ3) is 4.48. The zero-order valence-corrected chi connectivity index (χ0v) is 9.28. The van der Waals surface area contributed by atoms with Gasteiger partial charge >= 0.3 is 6.03 Å². The molecule has 0 aromatic carbocycles. The highest BCUT2D eigenvalue weighted by Crippen LogP contribution is 2.09. The molecule has 88 valence electrons. The fraction of sp³-hybridized carbons (Fsp3) is 0.900. The van der Waals surface area contributed by atoms with E-state index in [1.807, 2.05) is 0 Å². The van der Waals surface area contributed by atoms with Crippen molar-refractivity contribution in [1.29, 1.82) is 0 Å². The number of nitrogens with zero attached hydrogens (tertiary/aromatic N) is 1. The van der Waals surface area contributed by atoms with Crippen LogP contribution in [0.2, 0.25) is 0 Å². The number of likely N-dealkylation sites (tertiary alicyclic amines) is 1.